The number of aromatic nitrogens is 2. The predicted molar refractivity (Wildman–Crippen MR) is 109 cm³/mol. The van der Waals surface area contributed by atoms with Gasteiger partial charge in [0.25, 0.3) is 11.8 Å². The molecule has 0 spiro atoms. The van der Waals surface area contributed by atoms with E-state index in [1.807, 2.05) is 43.7 Å². The lowest BCUT2D eigenvalue weighted by Crippen LogP contribution is -2.40. The third-order valence-corrected chi connectivity index (χ3v) is 4.05. The Kier molecular flexibility index (Phi) is 5.59. The molecule has 0 bridgehead atoms. The van der Waals surface area contributed by atoms with E-state index in [1.54, 1.807) is 48.9 Å². The van der Waals surface area contributed by atoms with Gasteiger partial charge in [-0.1, -0.05) is 24.3 Å². The molecule has 3 rings (SSSR count). The van der Waals surface area contributed by atoms with Crippen molar-refractivity contribution in [1.29, 1.82) is 0 Å². The molecule has 0 unspecified atom stereocenters. The highest BCUT2D eigenvalue weighted by Gasteiger charge is 2.19. The lowest BCUT2D eigenvalue weighted by atomic mass is 10.1. The van der Waals surface area contributed by atoms with Crippen LogP contribution in [0, 0.1) is 0 Å². The normalized spacial score (nSPS) is 11.1. The van der Waals surface area contributed by atoms with Gasteiger partial charge in [-0.3, -0.25) is 9.59 Å². The first kappa shape index (κ1) is 19.4. The number of benzene rings is 2. The zero-order valence-corrected chi connectivity index (χ0v) is 16.3. The third-order valence-electron chi connectivity index (χ3n) is 4.05. The minimum atomic E-state index is -0.362. The first-order valence-corrected chi connectivity index (χ1v) is 9.09. The quantitative estimate of drug-likeness (QED) is 0.713. The summed E-state index contributed by atoms with van der Waals surface area (Å²) in [6, 6.07) is 14.4. The van der Waals surface area contributed by atoms with Crippen molar-refractivity contribution in [3.8, 4) is 0 Å². The molecule has 1 aromatic heterocycles. The average Bonchev–Trinajstić information content (AvgIpc) is 3.14. The highest BCUT2D eigenvalue weighted by atomic mass is 16.2. The molecule has 0 radical (unpaired) electrons. The molecule has 28 heavy (non-hydrogen) atoms. The summed E-state index contributed by atoms with van der Waals surface area (Å²) >= 11 is 0. The van der Waals surface area contributed by atoms with Gasteiger partial charge in [0.2, 0.25) is 0 Å². The molecule has 0 fully saturated rings. The summed E-state index contributed by atoms with van der Waals surface area (Å²) in [5, 5.41) is 5.76. The number of hydrogen-bond donors (Lipinski definition) is 2. The summed E-state index contributed by atoms with van der Waals surface area (Å²) in [7, 11) is 0. The lowest BCUT2D eigenvalue weighted by molar-refractivity contribution is 0.0920. The molecule has 0 atom stereocenters. The van der Waals surface area contributed by atoms with Gasteiger partial charge in [0.15, 0.2) is 0 Å². The van der Waals surface area contributed by atoms with Crippen molar-refractivity contribution in [3.63, 3.8) is 0 Å². The minimum Gasteiger partial charge on any atom is -0.347 e. The third kappa shape index (κ3) is 5.07. The molecule has 0 saturated heterocycles. The Labute approximate surface area is 164 Å². The summed E-state index contributed by atoms with van der Waals surface area (Å²) in [6.07, 6.45) is 5.37. The zero-order chi connectivity index (χ0) is 20.1. The second-order valence-electron chi connectivity index (χ2n) is 7.64. The van der Waals surface area contributed by atoms with Crippen LogP contribution in [0.2, 0.25) is 0 Å². The van der Waals surface area contributed by atoms with E-state index >= 15 is 0 Å². The maximum atomic E-state index is 12.6. The van der Waals surface area contributed by atoms with Crippen LogP contribution in [0.1, 0.15) is 47.1 Å². The maximum absolute atomic E-state index is 12.6. The van der Waals surface area contributed by atoms with Crippen LogP contribution in [-0.4, -0.2) is 26.9 Å². The fourth-order valence-corrected chi connectivity index (χ4v) is 2.75. The van der Waals surface area contributed by atoms with Crippen molar-refractivity contribution in [1.82, 2.24) is 14.9 Å². The molecule has 2 aromatic carbocycles. The molecule has 6 nitrogen and oxygen atoms in total. The average molecular weight is 376 g/mol. The van der Waals surface area contributed by atoms with Crippen LogP contribution in [0.3, 0.4) is 0 Å². The first-order chi connectivity index (χ1) is 13.3. The van der Waals surface area contributed by atoms with Gasteiger partial charge in [0.05, 0.1) is 17.6 Å². The molecule has 0 aliphatic rings. The Hall–Kier alpha value is -3.41. The number of nitrogens with zero attached hydrogens (tertiary/aromatic N) is 2. The van der Waals surface area contributed by atoms with E-state index in [-0.39, 0.29) is 17.4 Å². The van der Waals surface area contributed by atoms with Gasteiger partial charge in [-0.2, -0.15) is 0 Å². The smallest absolute Gasteiger partial charge is 0.255 e. The van der Waals surface area contributed by atoms with Gasteiger partial charge in [0, 0.05) is 30.0 Å². The van der Waals surface area contributed by atoms with Crippen LogP contribution in [0.5, 0.6) is 0 Å². The van der Waals surface area contributed by atoms with Gasteiger partial charge < -0.3 is 15.2 Å². The summed E-state index contributed by atoms with van der Waals surface area (Å²) in [5.74, 6) is -0.482. The van der Waals surface area contributed by atoms with Crippen molar-refractivity contribution in [2.24, 2.45) is 0 Å². The summed E-state index contributed by atoms with van der Waals surface area (Å²) in [5.41, 5.74) is 2.15. The largest absolute Gasteiger partial charge is 0.347 e. The van der Waals surface area contributed by atoms with Gasteiger partial charge >= 0.3 is 0 Å². The number of para-hydroxylation sites is 1. The fraction of sp³-hybridized carbons (Fsp3) is 0.227. The van der Waals surface area contributed by atoms with Crippen molar-refractivity contribution in [2.45, 2.75) is 32.9 Å². The van der Waals surface area contributed by atoms with Crippen molar-refractivity contribution < 1.29 is 9.59 Å². The van der Waals surface area contributed by atoms with Crippen molar-refractivity contribution >= 4 is 17.5 Å². The Balaban J connectivity index is 1.72. The van der Waals surface area contributed by atoms with Crippen molar-refractivity contribution in [3.05, 3.63) is 83.9 Å². The number of rotatable bonds is 5. The first-order valence-electron chi connectivity index (χ1n) is 9.09. The Bertz CT molecular complexity index is 955. The van der Waals surface area contributed by atoms with E-state index < -0.39 is 0 Å². The molecule has 2 N–H and O–H groups in total. The number of anilines is 1. The monoisotopic (exact) mass is 376 g/mol. The molecular weight excluding hydrogens is 352 g/mol. The highest BCUT2D eigenvalue weighted by molar-refractivity contribution is 6.09. The number of carbonyl (C=O) groups excluding carboxylic acids is 2. The van der Waals surface area contributed by atoms with Crippen LogP contribution >= 0.6 is 0 Å². The summed E-state index contributed by atoms with van der Waals surface area (Å²) in [6.45, 7) is 6.43. The van der Waals surface area contributed by atoms with E-state index in [9.17, 15) is 9.59 Å². The fourth-order valence-electron chi connectivity index (χ4n) is 2.75. The lowest BCUT2D eigenvalue weighted by Gasteiger charge is -2.21. The van der Waals surface area contributed by atoms with E-state index in [1.165, 1.54) is 0 Å². The maximum Gasteiger partial charge on any atom is 0.255 e. The highest BCUT2D eigenvalue weighted by Crippen LogP contribution is 2.18. The van der Waals surface area contributed by atoms with E-state index in [2.05, 4.69) is 15.6 Å². The van der Waals surface area contributed by atoms with Crippen molar-refractivity contribution in [2.75, 3.05) is 5.32 Å². The van der Waals surface area contributed by atoms with Crippen LogP contribution in [0.4, 0.5) is 5.69 Å². The molecule has 0 saturated carbocycles. The van der Waals surface area contributed by atoms with Gasteiger partial charge in [-0.15, -0.1) is 0 Å². The Morgan fingerprint density at radius 2 is 1.71 bits per heavy atom. The predicted octanol–water partition coefficient (Wildman–Crippen LogP) is 3.71. The molecule has 3 aromatic rings. The Morgan fingerprint density at radius 3 is 2.36 bits per heavy atom. The number of hydrogen-bond acceptors (Lipinski definition) is 3. The molecule has 2 amide bonds. The summed E-state index contributed by atoms with van der Waals surface area (Å²) in [4.78, 5) is 29.2. The summed E-state index contributed by atoms with van der Waals surface area (Å²) < 4.78 is 1.96. The second-order valence-corrected chi connectivity index (χ2v) is 7.64. The van der Waals surface area contributed by atoms with Gasteiger partial charge in [-0.25, -0.2) is 4.98 Å². The van der Waals surface area contributed by atoms with E-state index in [0.717, 1.165) is 5.56 Å². The number of carbonyl (C=O) groups is 2. The van der Waals surface area contributed by atoms with Crippen LogP contribution in [-0.2, 0) is 6.54 Å². The number of amides is 2. The number of nitrogens with one attached hydrogen (secondary N) is 2. The van der Waals surface area contributed by atoms with Crippen LogP contribution in [0.25, 0.3) is 0 Å². The zero-order valence-electron chi connectivity index (χ0n) is 16.3. The molecule has 0 aliphatic carbocycles. The van der Waals surface area contributed by atoms with Crippen LogP contribution < -0.4 is 10.6 Å². The minimum absolute atomic E-state index is 0.223. The topological polar surface area (TPSA) is 76.0 Å². The van der Waals surface area contributed by atoms with Crippen LogP contribution in [0.15, 0.2) is 67.3 Å². The number of imidazole rings is 1. The Morgan fingerprint density at radius 1 is 1.00 bits per heavy atom. The van der Waals surface area contributed by atoms with E-state index in [0.29, 0.717) is 23.4 Å². The van der Waals surface area contributed by atoms with Gasteiger partial charge in [0.1, 0.15) is 0 Å². The molecule has 0 aliphatic heterocycles. The molecule has 1 heterocycles. The molecule has 144 valence electrons. The van der Waals surface area contributed by atoms with Gasteiger partial charge in [-0.05, 0) is 50.6 Å². The van der Waals surface area contributed by atoms with E-state index in [4.69, 9.17) is 0 Å². The SMILES string of the molecule is CC(C)(C)NC(=O)c1ccccc1NC(=O)c1ccc(Cn2ccnc2)cc1. The standard InChI is InChI=1S/C22H24N4O2/c1-22(2,3)25-21(28)18-6-4-5-7-19(18)24-20(27)17-10-8-16(9-11-17)14-26-13-12-23-15-26/h4-13,15H,14H2,1-3H3,(H,24,27)(H,25,28). The molecular formula is C22H24N4O2. The molecule has 6 heteroatoms. The second kappa shape index (κ2) is 8.08.